The summed E-state index contributed by atoms with van der Waals surface area (Å²) >= 11 is 0. The number of amides is 2. The SMILES string of the molecule is COCCNC(=O)NCCCOCC1CC1. The van der Waals surface area contributed by atoms with Gasteiger partial charge in [0.2, 0.25) is 0 Å². The molecule has 0 atom stereocenters. The molecule has 0 unspecified atom stereocenters. The highest BCUT2D eigenvalue weighted by atomic mass is 16.5. The Morgan fingerprint density at radius 3 is 2.69 bits per heavy atom. The van der Waals surface area contributed by atoms with Gasteiger partial charge in [0.1, 0.15) is 0 Å². The van der Waals surface area contributed by atoms with E-state index in [9.17, 15) is 4.79 Å². The fourth-order valence-corrected chi connectivity index (χ4v) is 1.24. The first-order valence-electron chi connectivity index (χ1n) is 5.91. The second kappa shape index (κ2) is 8.35. The van der Waals surface area contributed by atoms with Crippen molar-refractivity contribution in [1.29, 1.82) is 0 Å². The van der Waals surface area contributed by atoms with Crippen molar-refractivity contribution >= 4 is 6.03 Å². The molecule has 0 spiro atoms. The number of nitrogens with one attached hydrogen (secondary N) is 2. The van der Waals surface area contributed by atoms with Crippen LogP contribution in [0.25, 0.3) is 0 Å². The maximum absolute atomic E-state index is 11.2. The van der Waals surface area contributed by atoms with Crippen LogP contribution < -0.4 is 10.6 Å². The highest BCUT2D eigenvalue weighted by Gasteiger charge is 2.20. The van der Waals surface area contributed by atoms with E-state index in [1.54, 1.807) is 7.11 Å². The van der Waals surface area contributed by atoms with E-state index in [2.05, 4.69) is 10.6 Å². The molecule has 0 aromatic heterocycles. The minimum absolute atomic E-state index is 0.140. The van der Waals surface area contributed by atoms with Crippen molar-refractivity contribution in [2.24, 2.45) is 5.92 Å². The summed E-state index contributed by atoms with van der Waals surface area (Å²) in [5.41, 5.74) is 0. The first-order chi connectivity index (χ1) is 7.83. The standard InChI is InChI=1S/C11H22N2O3/c1-15-8-6-13-11(14)12-5-2-7-16-9-10-3-4-10/h10H,2-9H2,1H3,(H2,12,13,14). The summed E-state index contributed by atoms with van der Waals surface area (Å²) in [6.45, 7) is 3.36. The van der Waals surface area contributed by atoms with Crippen LogP contribution in [0.5, 0.6) is 0 Å². The maximum Gasteiger partial charge on any atom is 0.314 e. The normalized spacial score (nSPS) is 14.8. The van der Waals surface area contributed by atoms with Crippen LogP contribution in [0.1, 0.15) is 19.3 Å². The van der Waals surface area contributed by atoms with Gasteiger partial charge in [0, 0.05) is 33.4 Å². The number of carbonyl (C=O) groups is 1. The smallest absolute Gasteiger partial charge is 0.314 e. The lowest BCUT2D eigenvalue weighted by Crippen LogP contribution is -2.37. The zero-order valence-electron chi connectivity index (χ0n) is 9.96. The summed E-state index contributed by atoms with van der Waals surface area (Å²) in [5, 5.41) is 5.45. The number of carbonyl (C=O) groups excluding carboxylic acids is 1. The largest absolute Gasteiger partial charge is 0.383 e. The van der Waals surface area contributed by atoms with Gasteiger partial charge in [-0.05, 0) is 25.2 Å². The Bertz CT molecular complexity index is 196. The molecule has 5 nitrogen and oxygen atoms in total. The molecule has 94 valence electrons. The van der Waals surface area contributed by atoms with Crippen molar-refractivity contribution in [3.8, 4) is 0 Å². The van der Waals surface area contributed by atoms with E-state index in [4.69, 9.17) is 9.47 Å². The maximum atomic E-state index is 11.2. The van der Waals surface area contributed by atoms with Crippen LogP contribution >= 0.6 is 0 Å². The van der Waals surface area contributed by atoms with E-state index in [0.29, 0.717) is 19.7 Å². The number of hydrogen-bond acceptors (Lipinski definition) is 3. The Hall–Kier alpha value is -0.810. The quantitative estimate of drug-likeness (QED) is 0.575. The van der Waals surface area contributed by atoms with Crippen LogP contribution in [0.4, 0.5) is 4.79 Å². The number of ether oxygens (including phenoxy) is 2. The first-order valence-corrected chi connectivity index (χ1v) is 5.91. The van der Waals surface area contributed by atoms with Crippen LogP contribution in [0, 0.1) is 5.92 Å². The monoisotopic (exact) mass is 230 g/mol. The molecule has 0 radical (unpaired) electrons. The van der Waals surface area contributed by atoms with Crippen LogP contribution in [-0.2, 0) is 9.47 Å². The summed E-state index contributed by atoms with van der Waals surface area (Å²) in [5.74, 6) is 0.810. The van der Waals surface area contributed by atoms with Crippen molar-refractivity contribution in [1.82, 2.24) is 10.6 Å². The molecule has 1 rings (SSSR count). The minimum Gasteiger partial charge on any atom is -0.383 e. The Morgan fingerprint density at radius 2 is 2.00 bits per heavy atom. The molecule has 1 aliphatic rings. The third-order valence-electron chi connectivity index (χ3n) is 2.39. The molecular formula is C11H22N2O3. The van der Waals surface area contributed by atoms with Crippen LogP contribution in [0.15, 0.2) is 0 Å². The molecule has 0 aliphatic heterocycles. The van der Waals surface area contributed by atoms with Gasteiger partial charge in [0.15, 0.2) is 0 Å². The molecule has 0 aromatic rings. The second-order valence-corrected chi connectivity index (χ2v) is 4.05. The first kappa shape index (κ1) is 13.3. The van der Waals surface area contributed by atoms with Gasteiger partial charge in [-0.1, -0.05) is 0 Å². The van der Waals surface area contributed by atoms with Gasteiger partial charge in [-0.15, -0.1) is 0 Å². The molecule has 2 amide bonds. The Kier molecular flexibility index (Phi) is 6.92. The van der Waals surface area contributed by atoms with Gasteiger partial charge in [-0.3, -0.25) is 0 Å². The van der Waals surface area contributed by atoms with Gasteiger partial charge in [-0.2, -0.15) is 0 Å². The molecule has 1 aliphatic carbocycles. The molecule has 0 bridgehead atoms. The predicted molar refractivity (Wildman–Crippen MR) is 61.4 cm³/mol. The van der Waals surface area contributed by atoms with Crippen molar-refractivity contribution < 1.29 is 14.3 Å². The molecule has 0 saturated heterocycles. The van der Waals surface area contributed by atoms with Gasteiger partial charge in [0.05, 0.1) is 6.61 Å². The summed E-state index contributed by atoms with van der Waals surface area (Å²) < 4.78 is 10.3. The van der Waals surface area contributed by atoms with Gasteiger partial charge < -0.3 is 20.1 Å². The van der Waals surface area contributed by atoms with Crippen molar-refractivity contribution in [3.63, 3.8) is 0 Å². The number of rotatable bonds is 9. The van der Waals surface area contributed by atoms with E-state index in [0.717, 1.165) is 25.6 Å². The van der Waals surface area contributed by atoms with E-state index < -0.39 is 0 Å². The van der Waals surface area contributed by atoms with E-state index >= 15 is 0 Å². The fourth-order valence-electron chi connectivity index (χ4n) is 1.24. The van der Waals surface area contributed by atoms with Crippen LogP contribution in [-0.4, -0.2) is 46.1 Å². The highest BCUT2D eigenvalue weighted by Crippen LogP contribution is 2.28. The predicted octanol–water partition coefficient (Wildman–Crippen LogP) is 0.749. The lowest BCUT2D eigenvalue weighted by molar-refractivity contribution is 0.122. The Balaban J connectivity index is 1.76. The average molecular weight is 230 g/mol. The lowest BCUT2D eigenvalue weighted by atomic mass is 10.4. The van der Waals surface area contributed by atoms with Crippen LogP contribution in [0.2, 0.25) is 0 Å². The molecule has 0 aromatic carbocycles. The second-order valence-electron chi connectivity index (χ2n) is 4.05. The van der Waals surface area contributed by atoms with Gasteiger partial charge in [0.25, 0.3) is 0 Å². The zero-order valence-corrected chi connectivity index (χ0v) is 9.96. The Labute approximate surface area is 96.9 Å². The van der Waals surface area contributed by atoms with Crippen molar-refractivity contribution in [2.45, 2.75) is 19.3 Å². The third-order valence-corrected chi connectivity index (χ3v) is 2.39. The average Bonchev–Trinajstić information content (AvgIpc) is 3.07. The number of methoxy groups -OCH3 is 1. The summed E-state index contributed by atoms with van der Waals surface area (Å²) in [6.07, 6.45) is 3.50. The number of urea groups is 1. The fraction of sp³-hybridized carbons (Fsp3) is 0.909. The summed E-state index contributed by atoms with van der Waals surface area (Å²) in [6, 6.07) is -0.140. The Morgan fingerprint density at radius 1 is 1.25 bits per heavy atom. The van der Waals surface area contributed by atoms with Crippen LogP contribution in [0.3, 0.4) is 0 Å². The molecule has 1 saturated carbocycles. The third kappa shape index (κ3) is 7.48. The zero-order chi connectivity index (χ0) is 11.6. The lowest BCUT2D eigenvalue weighted by Gasteiger charge is -2.07. The summed E-state index contributed by atoms with van der Waals surface area (Å²) in [7, 11) is 1.61. The molecule has 2 N–H and O–H groups in total. The molecule has 5 heteroatoms. The van der Waals surface area contributed by atoms with Gasteiger partial charge in [-0.25, -0.2) is 4.79 Å². The highest BCUT2D eigenvalue weighted by molar-refractivity contribution is 5.73. The number of hydrogen-bond donors (Lipinski definition) is 2. The minimum atomic E-state index is -0.140. The van der Waals surface area contributed by atoms with Gasteiger partial charge >= 0.3 is 6.03 Å². The van der Waals surface area contributed by atoms with E-state index in [1.165, 1.54) is 12.8 Å². The van der Waals surface area contributed by atoms with E-state index in [-0.39, 0.29) is 6.03 Å². The molecule has 16 heavy (non-hydrogen) atoms. The van der Waals surface area contributed by atoms with Crippen molar-refractivity contribution in [2.75, 3.05) is 40.0 Å². The molecule has 0 heterocycles. The molecule has 1 fully saturated rings. The topological polar surface area (TPSA) is 59.6 Å². The van der Waals surface area contributed by atoms with E-state index in [1.807, 2.05) is 0 Å². The molecular weight excluding hydrogens is 208 g/mol. The van der Waals surface area contributed by atoms with Crippen molar-refractivity contribution in [3.05, 3.63) is 0 Å². The summed E-state index contributed by atoms with van der Waals surface area (Å²) in [4.78, 5) is 11.2.